The molecule has 0 bridgehead atoms. The van der Waals surface area contributed by atoms with E-state index in [0.29, 0.717) is 6.04 Å². The Morgan fingerprint density at radius 3 is 2.94 bits per heavy atom. The van der Waals surface area contributed by atoms with Crippen LogP contribution in [0.4, 0.5) is 5.82 Å². The molecular formula is C13H21N3. The number of hydrogen-bond donors (Lipinski definition) is 1. The van der Waals surface area contributed by atoms with Crippen LogP contribution in [0.25, 0.3) is 0 Å². The van der Waals surface area contributed by atoms with Crippen LogP contribution in [-0.2, 0) is 6.54 Å². The largest absolute Gasteiger partial charge is 0.353 e. The molecular weight excluding hydrogens is 198 g/mol. The topological polar surface area (TPSA) is 28.2 Å². The van der Waals surface area contributed by atoms with E-state index < -0.39 is 0 Å². The molecule has 1 aliphatic heterocycles. The molecule has 1 aliphatic rings. The summed E-state index contributed by atoms with van der Waals surface area (Å²) in [5.74, 6) is 1.94. The minimum atomic E-state index is 0.612. The van der Waals surface area contributed by atoms with Crippen LogP contribution >= 0.6 is 0 Å². The normalized spacial score (nSPS) is 25.1. The number of anilines is 1. The molecule has 3 nitrogen and oxygen atoms in total. The Morgan fingerprint density at radius 2 is 2.31 bits per heavy atom. The monoisotopic (exact) mass is 219 g/mol. The van der Waals surface area contributed by atoms with Gasteiger partial charge in [0.1, 0.15) is 5.82 Å². The standard InChI is InChI=1S/C13H21N3/c1-10-7-11(2)16(9-10)13-12(8-14-3)5-4-6-15-13/h4-6,10-11,14H,7-9H2,1-3H3. The molecule has 2 heterocycles. The van der Waals surface area contributed by atoms with Gasteiger partial charge < -0.3 is 10.2 Å². The maximum absolute atomic E-state index is 4.55. The fourth-order valence-corrected chi connectivity index (χ4v) is 2.61. The molecule has 1 fully saturated rings. The number of nitrogens with one attached hydrogen (secondary N) is 1. The molecule has 3 heteroatoms. The second-order valence-electron chi connectivity index (χ2n) is 4.86. The number of pyridine rings is 1. The first-order valence-corrected chi connectivity index (χ1v) is 6.07. The molecule has 0 radical (unpaired) electrons. The summed E-state index contributed by atoms with van der Waals surface area (Å²) in [6.07, 6.45) is 3.17. The molecule has 88 valence electrons. The SMILES string of the molecule is CNCc1cccnc1N1CC(C)CC1C. The molecule has 16 heavy (non-hydrogen) atoms. The molecule has 2 atom stereocenters. The Kier molecular flexibility index (Phi) is 3.44. The summed E-state index contributed by atoms with van der Waals surface area (Å²) in [6.45, 7) is 6.63. The Balaban J connectivity index is 2.25. The van der Waals surface area contributed by atoms with Crippen molar-refractivity contribution in [1.82, 2.24) is 10.3 Å². The molecule has 2 unspecified atom stereocenters. The van der Waals surface area contributed by atoms with Crippen LogP contribution < -0.4 is 10.2 Å². The third-order valence-electron chi connectivity index (χ3n) is 3.29. The van der Waals surface area contributed by atoms with Crippen molar-refractivity contribution in [2.75, 3.05) is 18.5 Å². The summed E-state index contributed by atoms with van der Waals surface area (Å²) in [6, 6.07) is 4.79. The minimum absolute atomic E-state index is 0.612. The van der Waals surface area contributed by atoms with E-state index >= 15 is 0 Å². The van der Waals surface area contributed by atoms with Crippen LogP contribution in [0.15, 0.2) is 18.3 Å². The highest BCUT2D eigenvalue weighted by Gasteiger charge is 2.28. The predicted molar refractivity (Wildman–Crippen MR) is 67.6 cm³/mol. The van der Waals surface area contributed by atoms with Gasteiger partial charge in [0.25, 0.3) is 0 Å². The van der Waals surface area contributed by atoms with Gasteiger partial charge >= 0.3 is 0 Å². The quantitative estimate of drug-likeness (QED) is 0.843. The Labute approximate surface area is 97.9 Å². The second-order valence-corrected chi connectivity index (χ2v) is 4.86. The zero-order chi connectivity index (χ0) is 11.5. The van der Waals surface area contributed by atoms with Crippen LogP contribution in [0.5, 0.6) is 0 Å². The van der Waals surface area contributed by atoms with Gasteiger partial charge in [0.15, 0.2) is 0 Å². The number of rotatable bonds is 3. The lowest BCUT2D eigenvalue weighted by Crippen LogP contribution is -2.29. The van der Waals surface area contributed by atoms with Gasteiger partial charge in [-0.3, -0.25) is 0 Å². The van der Waals surface area contributed by atoms with Crippen molar-refractivity contribution in [2.24, 2.45) is 5.92 Å². The molecule has 1 aromatic heterocycles. The third kappa shape index (κ3) is 2.19. The summed E-state index contributed by atoms with van der Waals surface area (Å²) in [5, 5.41) is 3.21. The smallest absolute Gasteiger partial charge is 0.133 e. The highest BCUT2D eigenvalue weighted by molar-refractivity contribution is 5.48. The van der Waals surface area contributed by atoms with Crippen LogP contribution in [0.2, 0.25) is 0 Å². The number of hydrogen-bond acceptors (Lipinski definition) is 3. The summed E-state index contributed by atoms with van der Waals surface area (Å²) < 4.78 is 0. The first-order valence-electron chi connectivity index (χ1n) is 6.07. The van der Waals surface area contributed by atoms with Gasteiger partial charge in [-0.15, -0.1) is 0 Å². The van der Waals surface area contributed by atoms with E-state index in [0.717, 1.165) is 24.8 Å². The van der Waals surface area contributed by atoms with Crippen LogP contribution in [0.3, 0.4) is 0 Å². The van der Waals surface area contributed by atoms with Crippen molar-refractivity contribution in [3.63, 3.8) is 0 Å². The van der Waals surface area contributed by atoms with E-state index in [1.807, 2.05) is 19.3 Å². The summed E-state index contributed by atoms with van der Waals surface area (Å²) >= 11 is 0. The molecule has 0 amide bonds. The summed E-state index contributed by atoms with van der Waals surface area (Å²) in [5.41, 5.74) is 1.30. The number of aromatic nitrogens is 1. The zero-order valence-electron chi connectivity index (χ0n) is 10.4. The second kappa shape index (κ2) is 4.83. The van der Waals surface area contributed by atoms with E-state index in [-0.39, 0.29) is 0 Å². The first-order chi connectivity index (χ1) is 7.72. The molecule has 0 saturated carbocycles. The fraction of sp³-hybridized carbons (Fsp3) is 0.615. The van der Waals surface area contributed by atoms with Gasteiger partial charge in [-0.25, -0.2) is 4.98 Å². The van der Waals surface area contributed by atoms with Crippen molar-refractivity contribution < 1.29 is 0 Å². The average Bonchev–Trinajstić information content (AvgIpc) is 2.59. The average molecular weight is 219 g/mol. The van der Waals surface area contributed by atoms with Gasteiger partial charge in [0, 0.05) is 30.9 Å². The van der Waals surface area contributed by atoms with Gasteiger partial charge in [-0.1, -0.05) is 13.0 Å². The molecule has 1 N–H and O–H groups in total. The van der Waals surface area contributed by atoms with Crippen LogP contribution in [0.1, 0.15) is 25.8 Å². The molecule has 1 aromatic rings. The minimum Gasteiger partial charge on any atom is -0.353 e. The molecule has 0 aromatic carbocycles. The van der Waals surface area contributed by atoms with Crippen LogP contribution in [0, 0.1) is 5.92 Å². The lowest BCUT2D eigenvalue weighted by Gasteiger charge is -2.25. The Morgan fingerprint density at radius 1 is 1.50 bits per heavy atom. The van der Waals surface area contributed by atoms with Gasteiger partial charge in [0.2, 0.25) is 0 Å². The zero-order valence-corrected chi connectivity index (χ0v) is 10.4. The maximum atomic E-state index is 4.55. The molecule has 0 spiro atoms. The summed E-state index contributed by atoms with van der Waals surface area (Å²) in [4.78, 5) is 6.99. The lowest BCUT2D eigenvalue weighted by molar-refractivity contribution is 0.625. The lowest BCUT2D eigenvalue weighted by atomic mass is 10.1. The summed E-state index contributed by atoms with van der Waals surface area (Å²) in [7, 11) is 1.98. The van der Waals surface area contributed by atoms with Crippen molar-refractivity contribution in [3.8, 4) is 0 Å². The Hall–Kier alpha value is -1.09. The van der Waals surface area contributed by atoms with E-state index in [1.165, 1.54) is 12.0 Å². The van der Waals surface area contributed by atoms with Gasteiger partial charge in [-0.05, 0) is 32.4 Å². The van der Waals surface area contributed by atoms with E-state index in [2.05, 4.69) is 35.1 Å². The van der Waals surface area contributed by atoms with Gasteiger partial charge in [0.05, 0.1) is 0 Å². The predicted octanol–water partition coefficient (Wildman–Crippen LogP) is 2.04. The van der Waals surface area contributed by atoms with Crippen LogP contribution in [-0.4, -0.2) is 24.6 Å². The highest BCUT2D eigenvalue weighted by Crippen LogP contribution is 2.29. The van der Waals surface area contributed by atoms with E-state index in [4.69, 9.17) is 0 Å². The molecule has 0 aliphatic carbocycles. The maximum Gasteiger partial charge on any atom is 0.133 e. The first kappa shape index (κ1) is 11.4. The van der Waals surface area contributed by atoms with E-state index in [1.54, 1.807) is 0 Å². The number of nitrogens with zero attached hydrogens (tertiary/aromatic N) is 2. The van der Waals surface area contributed by atoms with Crippen molar-refractivity contribution in [1.29, 1.82) is 0 Å². The highest BCUT2D eigenvalue weighted by atomic mass is 15.2. The Bertz CT molecular complexity index is 351. The fourth-order valence-electron chi connectivity index (χ4n) is 2.61. The molecule has 2 rings (SSSR count). The van der Waals surface area contributed by atoms with Crippen molar-refractivity contribution in [3.05, 3.63) is 23.9 Å². The molecule has 1 saturated heterocycles. The van der Waals surface area contributed by atoms with Crippen molar-refractivity contribution >= 4 is 5.82 Å². The van der Waals surface area contributed by atoms with Gasteiger partial charge in [-0.2, -0.15) is 0 Å². The third-order valence-corrected chi connectivity index (χ3v) is 3.29. The van der Waals surface area contributed by atoms with E-state index in [9.17, 15) is 0 Å². The van der Waals surface area contributed by atoms with Crippen molar-refractivity contribution in [2.45, 2.75) is 32.9 Å².